The van der Waals surface area contributed by atoms with Crippen molar-refractivity contribution in [3.63, 3.8) is 0 Å². The number of aromatic nitrogens is 2. The van der Waals surface area contributed by atoms with Crippen molar-refractivity contribution in [2.75, 3.05) is 4.90 Å². The minimum Gasteiger partial charge on any atom is -0.507 e. The summed E-state index contributed by atoms with van der Waals surface area (Å²) in [7, 11) is 0. The normalized spacial score (nSPS) is 11.6. The Labute approximate surface area is 316 Å². The van der Waals surface area contributed by atoms with Crippen molar-refractivity contribution in [1.82, 2.24) is 9.97 Å². The van der Waals surface area contributed by atoms with Crippen molar-refractivity contribution in [3.8, 4) is 39.4 Å². The first kappa shape index (κ1) is 35.8. The third-order valence-corrected chi connectivity index (χ3v) is 9.20. The van der Waals surface area contributed by atoms with E-state index < -0.39 is 0 Å². The van der Waals surface area contributed by atoms with E-state index in [-0.39, 0.29) is 37.6 Å². The van der Waals surface area contributed by atoms with Crippen LogP contribution in [-0.4, -0.2) is 15.1 Å². The van der Waals surface area contributed by atoms with Gasteiger partial charge in [-0.15, -0.1) is 29.8 Å². The van der Waals surface area contributed by atoms with Gasteiger partial charge < -0.3 is 10.0 Å². The second-order valence-electron chi connectivity index (χ2n) is 14.8. The number of fused-ring (bicyclic) bond motifs is 1. The smallest absolute Gasteiger partial charge is 0.136 e. The fourth-order valence-electron chi connectivity index (χ4n) is 6.49. The van der Waals surface area contributed by atoms with Crippen LogP contribution in [-0.2, 0) is 31.9 Å². The number of pyridine rings is 2. The van der Waals surface area contributed by atoms with Crippen LogP contribution in [0.25, 0.3) is 44.4 Å². The molecule has 2 aromatic heterocycles. The molecule has 258 valence electrons. The number of rotatable bonds is 6. The van der Waals surface area contributed by atoms with E-state index in [1.807, 2.05) is 48.7 Å². The predicted octanol–water partition coefficient (Wildman–Crippen LogP) is 12.2. The molecule has 0 aliphatic carbocycles. The van der Waals surface area contributed by atoms with Crippen molar-refractivity contribution in [2.45, 2.75) is 52.4 Å². The zero-order valence-corrected chi connectivity index (χ0v) is 32.2. The zero-order chi connectivity index (χ0) is 35.0. The summed E-state index contributed by atoms with van der Waals surface area (Å²) in [6.07, 6.45) is 1.82. The number of hydrogen-bond acceptors (Lipinski definition) is 4. The van der Waals surface area contributed by atoms with Crippen LogP contribution in [0.2, 0.25) is 0 Å². The molecule has 5 aromatic carbocycles. The van der Waals surface area contributed by atoms with Gasteiger partial charge in [0, 0.05) is 43.8 Å². The summed E-state index contributed by atoms with van der Waals surface area (Å²) in [5.41, 5.74) is 8.64. The molecule has 0 saturated heterocycles. The summed E-state index contributed by atoms with van der Waals surface area (Å²) in [6.45, 7) is 13.0. The average Bonchev–Trinajstić information content (AvgIpc) is 3.12. The standard InChI is InChI=1S/C46H42N3O.Pt/c1-45(2,3)34-29-38(44(50)39(30-34)46(4,5)6)40-26-25-37(32-16-8-7-9-17-32)43(48-40)33-20-14-21-35(28-33)49(42-24-12-13-27-47-42)41-23-15-19-31-18-10-11-22-36(31)41;/h7-27,29-30,50H,1-6H3;/q-1;. The molecule has 0 amide bonds. The van der Waals surface area contributed by atoms with Crippen LogP contribution in [0.3, 0.4) is 0 Å². The van der Waals surface area contributed by atoms with Crippen molar-refractivity contribution in [3.05, 3.63) is 157 Å². The molecule has 0 aliphatic rings. The summed E-state index contributed by atoms with van der Waals surface area (Å²) >= 11 is 0. The number of nitrogens with zero attached hydrogens (tertiary/aromatic N) is 3. The van der Waals surface area contributed by atoms with E-state index in [2.05, 4.69) is 144 Å². The second kappa shape index (κ2) is 14.3. The third kappa shape index (κ3) is 7.25. The summed E-state index contributed by atoms with van der Waals surface area (Å²) in [5.74, 6) is 1.06. The second-order valence-corrected chi connectivity index (χ2v) is 14.8. The summed E-state index contributed by atoms with van der Waals surface area (Å²) in [6, 6.07) is 49.4. The molecule has 1 N–H and O–H groups in total. The third-order valence-electron chi connectivity index (χ3n) is 9.20. The van der Waals surface area contributed by atoms with Crippen molar-refractivity contribution in [1.29, 1.82) is 0 Å². The predicted molar refractivity (Wildman–Crippen MR) is 208 cm³/mol. The van der Waals surface area contributed by atoms with Gasteiger partial charge in [-0.1, -0.05) is 126 Å². The Morgan fingerprint density at radius 1 is 0.647 bits per heavy atom. The molecule has 5 heteroatoms. The minimum absolute atomic E-state index is 0. The Bertz CT molecular complexity index is 2300. The first-order valence-electron chi connectivity index (χ1n) is 17.2. The molecule has 2 heterocycles. The average molecular weight is 848 g/mol. The van der Waals surface area contributed by atoms with Gasteiger partial charge in [0.25, 0.3) is 0 Å². The number of benzene rings is 5. The molecule has 7 aromatic rings. The maximum absolute atomic E-state index is 11.8. The Morgan fingerprint density at radius 3 is 2.08 bits per heavy atom. The van der Waals surface area contributed by atoms with E-state index in [0.29, 0.717) is 5.69 Å². The molecular formula is C46H42N3OPt-. The Balaban J connectivity index is 0.00000448. The molecule has 0 aliphatic heterocycles. The van der Waals surface area contributed by atoms with E-state index in [1.165, 1.54) is 0 Å². The van der Waals surface area contributed by atoms with Gasteiger partial charge in [-0.25, -0.2) is 4.98 Å². The van der Waals surface area contributed by atoms with E-state index in [4.69, 9.17) is 9.97 Å². The van der Waals surface area contributed by atoms with Gasteiger partial charge >= 0.3 is 0 Å². The molecule has 0 spiro atoms. The molecule has 0 fully saturated rings. The Morgan fingerprint density at radius 2 is 1.35 bits per heavy atom. The van der Waals surface area contributed by atoms with E-state index >= 15 is 0 Å². The van der Waals surface area contributed by atoms with Crippen molar-refractivity contribution < 1.29 is 26.2 Å². The molecule has 0 unspecified atom stereocenters. The van der Waals surface area contributed by atoms with Gasteiger partial charge in [-0.2, -0.15) is 0 Å². The number of anilines is 3. The van der Waals surface area contributed by atoms with Crippen LogP contribution in [0.15, 0.2) is 140 Å². The molecule has 4 nitrogen and oxygen atoms in total. The molecule has 0 saturated carbocycles. The fourth-order valence-corrected chi connectivity index (χ4v) is 6.49. The molecule has 51 heavy (non-hydrogen) atoms. The van der Waals surface area contributed by atoms with Gasteiger partial charge in [-0.3, -0.25) is 4.98 Å². The topological polar surface area (TPSA) is 49.2 Å². The van der Waals surface area contributed by atoms with Gasteiger partial charge in [0.2, 0.25) is 0 Å². The SMILES string of the molecule is CC(C)(C)c1cc(-c2ccc(-c3ccccc3)c(-c3[c-]c(N(c4ccccn4)c4cccc5ccccc45)ccc3)n2)c(O)c(C(C)(C)C)c1.[Pt]. The molecular weight excluding hydrogens is 806 g/mol. The van der Waals surface area contributed by atoms with Crippen LogP contribution in [0.5, 0.6) is 5.75 Å². The number of phenolic OH excluding ortho intramolecular Hbond substituents is 1. The van der Waals surface area contributed by atoms with Gasteiger partial charge in [0.15, 0.2) is 0 Å². The molecule has 0 radical (unpaired) electrons. The quantitative estimate of drug-likeness (QED) is 0.169. The summed E-state index contributed by atoms with van der Waals surface area (Å²) < 4.78 is 0. The van der Waals surface area contributed by atoms with Gasteiger partial charge in [0.1, 0.15) is 11.6 Å². The van der Waals surface area contributed by atoms with Gasteiger partial charge in [-0.05, 0) is 74.6 Å². The van der Waals surface area contributed by atoms with Crippen LogP contribution in [0.4, 0.5) is 17.2 Å². The number of hydrogen-bond donors (Lipinski definition) is 1. The first-order chi connectivity index (χ1) is 24.0. The Hall–Kier alpha value is -5.05. The van der Waals surface area contributed by atoms with Crippen LogP contribution in [0, 0.1) is 6.07 Å². The first-order valence-corrected chi connectivity index (χ1v) is 17.2. The monoisotopic (exact) mass is 847 g/mol. The van der Waals surface area contributed by atoms with Gasteiger partial charge in [0.05, 0.1) is 11.4 Å². The van der Waals surface area contributed by atoms with Crippen molar-refractivity contribution in [2.24, 2.45) is 0 Å². The summed E-state index contributed by atoms with van der Waals surface area (Å²) in [4.78, 5) is 12.3. The van der Waals surface area contributed by atoms with Crippen molar-refractivity contribution >= 4 is 28.0 Å². The zero-order valence-electron chi connectivity index (χ0n) is 29.9. The van der Waals surface area contributed by atoms with E-state index in [1.54, 1.807) is 0 Å². The van der Waals surface area contributed by atoms with Crippen LogP contribution in [0.1, 0.15) is 52.7 Å². The number of aromatic hydroxyl groups is 1. The largest absolute Gasteiger partial charge is 0.507 e. The molecule has 0 atom stereocenters. The number of phenols is 1. The van der Waals surface area contributed by atoms with E-state index in [9.17, 15) is 5.11 Å². The molecule has 0 bridgehead atoms. The fraction of sp³-hybridized carbons (Fsp3) is 0.174. The summed E-state index contributed by atoms with van der Waals surface area (Å²) in [5, 5.41) is 14.1. The maximum atomic E-state index is 11.8. The maximum Gasteiger partial charge on any atom is 0.136 e. The minimum atomic E-state index is -0.258. The molecule has 7 rings (SSSR count). The van der Waals surface area contributed by atoms with E-state index in [0.717, 1.165) is 67.0 Å². The Kier molecular flexibility index (Phi) is 10.0. The van der Waals surface area contributed by atoms with Crippen LogP contribution < -0.4 is 4.90 Å². The van der Waals surface area contributed by atoms with Crippen LogP contribution >= 0.6 is 0 Å².